The van der Waals surface area contributed by atoms with Gasteiger partial charge in [0.1, 0.15) is 5.75 Å². The monoisotopic (exact) mass is 272 g/mol. The van der Waals surface area contributed by atoms with E-state index in [1.807, 2.05) is 0 Å². The lowest BCUT2D eigenvalue weighted by molar-refractivity contribution is 0.105. The van der Waals surface area contributed by atoms with Crippen LogP contribution in [0.5, 0.6) is 5.75 Å². The average molecular weight is 272 g/mol. The van der Waals surface area contributed by atoms with Crippen LogP contribution in [-0.2, 0) is 0 Å². The van der Waals surface area contributed by atoms with Crippen molar-refractivity contribution in [3.8, 4) is 18.1 Å². The van der Waals surface area contributed by atoms with Crippen LogP contribution in [0.2, 0.25) is 0 Å². The summed E-state index contributed by atoms with van der Waals surface area (Å²) in [6, 6.07) is 7.02. The number of hydrogen-bond acceptors (Lipinski definition) is 2. The molecule has 1 aromatic carbocycles. The normalized spacial score (nSPS) is 10.0. The molecule has 0 spiro atoms. The van der Waals surface area contributed by atoms with Gasteiger partial charge >= 0.3 is 0 Å². The van der Waals surface area contributed by atoms with Gasteiger partial charge in [-0.3, -0.25) is 4.79 Å². The Bertz CT molecular complexity index is 426. The van der Waals surface area contributed by atoms with Crippen molar-refractivity contribution in [2.45, 2.75) is 51.9 Å². The first-order valence-electron chi connectivity index (χ1n) is 7.51. The standard InChI is InChI=1S/C18H24O2/c1-3-5-6-7-8-9-10-15-20-17-13-11-16(12-14-17)18(19)4-2/h2,11-14H,3,5-10,15H2,1H3. The van der Waals surface area contributed by atoms with Crippen molar-refractivity contribution >= 4 is 5.78 Å². The molecule has 1 rings (SSSR count). The van der Waals surface area contributed by atoms with E-state index in [1.54, 1.807) is 24.3 Å². The van der Waals surface area contributed by atoms with Crippen LogP contribution in [0.25, 0.3) is 0 Å². The average Bonchev–Trinajstić information content (AvgIpc) is 2.50. The Morgan fingerprint density at radius 2 is 1.65 bits per heavy atom. The molecule has 0 saturated carbocycles. The summed E-state index contributed by atoms with van der Waals surface area (Å²) in [4.78, 5) is 11.3. The maximum atomic E-state index is 11.3. The molecule has 0 unspecified atom stereocenters. The quantitative estimate of drug-likeness (QED) is 0.268. The van der Waals surface area contributed by atoms with E-state index in [0.717, 1.165) is 18.8 Å². The van der Waals surface area contributed by atoms with Crippen LogP contribution in [0.15, 0.2) is 24.3 Å². The zero-order valence-electron chi connectivity index (χ0n) is 12.4. The van der Waals surface area contributed by atoms with Gasteiger partial charge in [0, 0.05) is 5.56 Å². The van der Waals surface area contributed by atoms with Crippen LogP contribution < -0.4 is 4.74 Å². The molecule has 0 aliphatic heterocycles. The smallest absolute Gasteiger partial charge is 0.235 e. The first-order valence-corrected chi connectivity index (χ1v) is 7.51. The number of carbonyl (C=O) groups is 1. The highest BCUT2D eigenvalue weighted by molar-refractivity contribution is 6.08. The third-order valence-corrected chi connectivity index (χ3v) is 3.26. The molecule has 0 aliphatic rings. The number of ketones is 1. The Hall–Kier alpha value is -1.75. The van der Waals surface area contributed by atoms with E-state index in [1.165, 1.54) is 38.5 Å². The van der Waals surface area contributed by atoms with Gasteiger partial charge in [0.05, 0.1) is 6.61 Å². The fourth-order valence-corrected chi connectivity index (χ4v) is 2.04. The van der Waals surface area contributed by atoms with E-state index in [0.29, 0.717) is 5.56 Å². The van der Waals surface area contributed by atoms with Crippen LogP contribution in [-0.4, -0.2) is 12.4 Å². The number of benzene rings is 1. The lowest BCUT2D eigenvalue weighted by atomic mass is 10.1. The van der Waals surface area contributed by atoms with Gasteiger partial charge in [-0.2, -0.15) is 0 Å². The molecule has 0 fully saturated rings. The van der Waals surface area contributed by atoms with Gasteiger partial charge in [-0.05, 0) is 36.6 Å². The summed E-state index contributed by atoms with van der Waals surface area (Å²) in [7, 11) is 0. The predicted molar refractivity (Wildman–Crippen MR) is 83.1 cm³/mol. The summed E-state index contributed by atoms with van der Waals surface area (Å²) in [5, 5.41) is 0. The molecule has 0 aliphatic carbocycles. The van der Waals surface area contributed by atoms with Gasteiger partial charge < -0.3 is 4.74 Å². The summed E-state index contributed by atoms with van der Waals surface area (Å²) >= 11 is 0. The predicted octanol–water partition coefficient (Wildman–Crippen LogP) is 4.63. The van der Waals surface area contributed by atoms with Crippen molar-refractivity contribution in [3.63, 3.8) is 0 Å². The van der Waals surface area contributed by atoms with E-state index in [-0.39, 0.29) is 5.78 Å². The molecule has 0 heterocycles. The molecular formula is C18H24O2. The van der Waals surface area contributed by atoms with Crippen molar-refractivity contribution in [3.05, 3.63) is 29.8 Å². The van der Waals surface area contributed by atoms with Gasteiger partial charge in [0.25, 0.3) is 0 Å². The van der Waals surface area contributed by atoms with Crippen LogP contribution in [0.4, 0.5) is 0 Å². The molecule has 108 valence electrons. The van der Waals surface area contributed by atoms with Crippen LogP contribution in [0, 0.1) is 12.3 Å². The molecule has 0 saturated heterocycles. The molecule has 0 atom stereocenters. The molecule has 0 amide bonds. The lowest BCUT2D eigenvalue weighted by Gasteiger charge is -2.06. The lowest BCUT2D eigenvalue weighted by Crippen LogP contribution is -1.98. The third-order valence-electron chi connectivity index (χ3n) is 3.26. The van der Waals surface area contributed by atoms with Crippen LogP contribution in [0.3, 0.4) is 0 Å². The van der Waals surface area contributed by atoms with Gasteiger partial charge in [0.15, 0.2) is 0 Å². The second-order valence-electron chi connectivity index (χ2n) is 4.97. The largest absolute Gasteiger partial charge is 0.494 e. The Morgan fingerprint density at radius 1 is 1.05 bits per heavy atom. The van der Waals surface area contributed by atoms with Crippen molar-refractivity contribution in [2.75, 3.05) is 6.61 Å². The highest BCUT2D eigenvalue weighted by Gasteiger charge is 2.01. The second-order valence-corrected chi connectivity index (χ2v) is 4.97. The minimum absolute atomic E-state index is 0.288. The number of rotatable bonds is 10. The topological polar surface area (TPSA) is 26.3 Å². The Balaban J connectivity index is 2.13. The molecule has 20 heavy (non-hydrogen) atoms. The zero-order valence-corrected chi connectivity index (χ0v) is 12.4. The molecule has 0 bridgehead atoms. The molecule has 2 nitrogen and oxygen atoms in total. The summed E-state index contributed by atoms with van der Waals surface area (Å²) in [6.07, 6.45) is 14.0. The Kier molecular flexibility index (Phi) is 8.22. The molecule has 1 aromatic rings. The first kappa shape index (κ1) is 16.3. The third kappa shape index (κ3) is 6.43. The number of hydrogen-bond donors (Lipinski definition) is 0. The maximum absolute atomic E-state index is 11.3. The molecular weight excluding hydrogens is 248 g/mol. The van der Waals surface area contributed by atoms with Crippen LogP contribution in [0.1, 0.15) is 62.2 Å². The first-order chi connectivity index (χ1) is 9.77. The highest BCUT2D eigenvalue weighted by atomic mass is 16.5. The van der Waals surface area contributed by atoms with E-state index in [4.69, 9.17) is 11.2 Å². The fourth-order valence-electron chi connectivity index (χ4n) is 2.04. The number of carbonyl (C=O) groups excluding carboxylic acids is 1. The summed E-state index contributed by atoms with van der Waals surface area (Å²) in [5.41, 5.74) is 0.538. The maximum Gasteiger partial charge on any atom is 0.235 e. The van der Waals surface area contributed by atoms with Crippen molar-refractivity contribution in [2.24, 2.45) is 0 Å². The van der Waals surface area contributed by atoms with Gasteiger partial charge in [0.2, 0.25) is 5.78 Å². The number of terminal acetylenes is 1. The Morgan fingerprint density at radius 3 is 2.25 bits per heavy atom. The van der Waals surface area contributed by atoms with Crippen molar-refractivity contribution < 1.29 is 9.53 Å². The molecule has 0 radical (unpaired) electrons. The molecule has 2 heteroatoms. The number of ether oxygens (including phenoxy) is 1. The van der Waals surface area contributed by atoms with Crippen LogP contribution >= 0.6 is 0 Å². The summed E-state index contributed by atoms with van der Waals surface area (Å²) in [6.45, 7) is 2.96. The number of unbranched alkanes of at least 4 members (excludes halogenated alkanes) is 6. The van der Waals surface area contributed by atoms with E-state index >= 15 is 0 Å². The van der Waals surface area contributed by atoms with E-state index in [2.05, 4.69) is 12.8 Å². The minimum Gasteiger partial charge on any atom is -0.494 e. The Labute approximate surface area is 122 Å². The molecule has 0 aromatic heterocycles. The van der Waals surface area contributed by atoms with Gasteiger partial charge in [-0.15, -0.1) is 6.42 Å². The van der Waals surface area contributed by atoms with Gasteiger partial charge in [-0.1, -0.05) is 45.4 Å². The highest BCUT2D eigenvalue weighted by Crippen LogP contribution is 2.13. The minimum atomic E-state index is -0.288. The van der Waals surface area contributed by atoms with E-state index < -0.39 is 0 Å². The van der Waals surface area contributed by atoms with Crippen molar-refractivity contribution in [1.29, 1.82) is 0 Å². The summed E-state index contributed by atoms with van der Waals surface area (Å²) in [5.74, 6) is 2.61. The second kappa shape index (κ2) is 10.1. The number of Topliss-reactive ketones (excluding diaryl/α,β-unsaturated/α-hetero) is 1. The van der Waals surface area contributed by atoms with Gasteiger partial charge in [-0.25, -0.2) is 0 Å². The SMILES string of the molecule is C#CC(=O)c1ccc(OCCCCCCCCC)cc1. The summed E-state index contributed by atoms with van der Waals surface area (Å²) < 4.78 is 5.64. The van der Waals surface area contributed by atoms with Crippen molar-refractivity contribution in [1.82, 2.24) is 0 Å². The fraction of sp³-hybridized carbons (Fsp3) is 0.500. The molecule has 0 N–H and O–H groups in total. The van der Waals surface area contributed by atoms with E-state index in [9.17, 15) is 4.79 Å². The zero-order chi connectivity index (χ0) is 14.6.